The highest BCUT2D eigenvalue weighted by Crippen LogP contribution is 2.44. The molecular weight excluding hydrogens is 744 g/mol. The van der Waals surface area contributed by atoms with Crippen LogP contribution < -0.4 is 0 Å². The van der Waals surface area contributed by atoms with Crippen molar-refractivity contribution in [1.29, 1.82) is 0 Å². The van der Waals surface area contributed by atoms with Gasteiger partial charge in [-0.1, -0.05) is 109 Å². The van der Waals surface area contributed by atoms with Gasteiger partial charge in [0, 0.05) is 0 Å². The molecule has 58 heavy (non-hydrogen) atoms. The Hall–Kier alpha value is -4.05. The van der Waals surface area contributed by atoms with Crippen molar-refractivity contribution in [2.75, 3.05) is 13.2 Å². The summed E-state index contributed by atoms with van der Waals surface area (Å²) in [6.07, 6.45) is -7.43. The van der Waals surface area contributed by atoms with Gasteiger partial charge in [-0.3, -0.25) is 0 Å². The Morgan fingerprint density at radius 1 is 0.517 bits per heavy atom. The first kappa shape index (κ1) is 40.7. The van der Waals surface area contributed by atoms with E-state index in [1.54, 1.807) is 24.3 Å². The van der Waals surface area contributed by atoms with E-state index in [1.165, 1.54) is 0 Å². The van der Waals surface area contributed by atoms with Gasteiger partial charge in [-0.25, -0.2) is 4.79 Å². The van der Waals surface area contributed by atoms with Gasteiger partial charge >= 0.3 is 5.97 Å². The Morgan fingerprint density at radius 2 is 1.03 bits per heavy atom. The standard InChI is InChI=1S/C46H52O12/c1-45(2)55-37-35(53-44-41(39(37)56-45)57-46(3,4)58-44)29-51-43-40(50-27-32-21-13-7-14-22-32)38(49-26-31-19-11-6-12-20-31)36(54-42(47)33-23-15-8-16-24-33)34(52-43)28-48-25-30-17-9-5-10-18-30/h5-24,34-41,43-44H,25-29H2,1-4H3/t34-,35-,36+,37+,38+,39+,40-,41-,43-,44-/m1/s1. The van der Waals surface area contributed by atoms with Gasteiger partial charge in [0.15, 0.2) is 30.3 Å². The molecule has 4 fully saturated rings. The van der Waals surface area contributed by atoms with Gasteiger partial charge in [0.25, 0.3) is 0 Å². The summed E-state index contributed by atoms with van der Waals surface area (Å²) in [5, 5.41) is 0. The molecular formula is C46H52O12. The third kappa shape index (κ3) is 9.86. The Labute approximate surface area is 339 Å². The summed E-state index contributed by atoms with van der Waals surface area (Å²) in [7, 11) is 0. The topological polar surface area (TPSA) is 119 Å². The van der Waals surface area contributed by atoms with Gasteiger partial charge < -0.3 is 52.1 Å². The van der Waals surface area contributed by atoms with Gasteiger partial charge in [0.05, 0.1) is 38.6 Å². The van der Waals surface area contributed by atoms with Gasteiger partial charge in [0.1, 0.15) is 42.7 Å². The van der Waals surface area contributed by atoms with Crippen molar-refractivity contribution >= 4 is 5.97 Å². The van der Waals surface area contributed by atoms with Crippen molar-refractivity contribution in [3.8, 4) is 0 Å². The van der Waals surface area contributed by atoms with E-state index in [1.807, 2.05) is 125 Å². The van der Waals surface area contributed by atoms with Gasteiger partial charge in [0.2, 0.25) is 0 Å². The molecule has 10 atom stereocenters. The number of hydrogen-bond acceptors (Lipinski definition) is 12. The zero-order chi connectivity index (χ0) is 40.1. The number of esters is 1. The molecule has 0 amide bonds. The number of hydrogen-bond donors (Lipinski definition) is 0. The van der Waals surface area contributed by atoms with E-state index < -0.39 is 79.0 Å². The van der Waals surface area contributed by atoms with E-state index in [0.717, 1.165) is 16.7 Å². The molecule has 8 rings (SSSR count). The van der Waals surface area contributed by atoms with Crippen molar-refractivity contribution in [1.82, 2.24) is 0 Å². The van der Waals surface area contributed by atoms with Crippen molar-refractivity contribution in [3.63, 3.8) is 0 Å². The highest BCUT2D eigenvalue weighted by atomic mass is 16.9. The third-order valence-corrected chi connectivity index (χ3v) is 10.5. The van der Waals surface area contributed by atoms with E-state index in [2.05, 4.69) is 0 Å². The molecule has 0 spiro atoms. The summed E-state index contributed by atoms with van der Waals surface area (Å²) in [6, 6.07) is 38.3. The average molecular weight is 797 g/mol. The summed E-state index contributed by atoms with van der Waals surface area (Å²) in [5.41, 5.74) is 3.23. The van der Waals surface area contributed by atoms with Crippen LogP contribution in [0.2, 0.25) is 0 Å². The molecule has 4 aliphatic heterocycles. The molecule has 4 saturated heterocycles. The number of rotatable bonds is 15. The summed E-state index contributed by atoms with van der Waals surface area (Å²) in [5.74, 6) is -2.30. The maximum absolute atomic E-state index is 13.9. The van der Waals surface area contributed by atoms with Crippen LogP contribution in [0.15, 0.2) is 121 Å². The normalized spacial score (nSPS) is 31.0. The fourth-order valence-electron chi connectivity index (χ4n) is 7.84. The number of carbonyl (C=O) groups excluding carboxylic acids is 1. The molecule has 4 aliphatic rings. The molecule has 0 aromatic heterocycles. The van der Waals surface area contributed by atoms with E-state index in [9.17, 15) is 4.79 Å². The van der Waals surface area contributed by atoms with Crippen molar-refractivity contribution in [3.05, 3.63) is 144 Å². The Morgan fingerprint density at radius 3 is 1.66 bits per heavy atom. The first-order valence-electron chi connectivity index (χ1n) is 19.9. The Balaban J connectivity index is 1.11. The van der Waals surface area contributed by atoms with Crippen LogP contribution in [-0.2, 0) is 71.9 Å². The maximum Gasteiger partial charge on any atom is 0.338 e. The fourth-order valence-corrected chi connectivity index (χ4v) is 7.84. The molecule has 12 heteroatoms. The monoisotopic (exact) mass is 796 g/mol. The van der Waals surface area contributed by atoms with E-state index in [0.29, 0.717) is 12.2 Å². The zero-order valence-electron chi connectivity index (χ0n) is 33.3. The van der Waals surface area contributed by atoms with Crippen molar-refractivity contribution < 1.29 is 56.9 Å². The van der Waals surface area contributed by atoms with Crippen LogP contribution in [0.5, 0.6) is 0 Å². The average Bonchev–Trinajstić information content (AvgIpc) is 3.74. The quantitative estimate of drug-likeness (QED) is 0.119. The predicted octanol–water partition coefficient (Wildman–Crippen LogP) is 6.74. The first-order valence-corrected chi connectivity index (χ1v) is 19.9. The SMILES string of the molecule is CC1(C)O[C@H]2[C@@H](O1)[C@@H](CO[C@@H]1O[C@H](COCc3ccccc3)[C@H](OC(=O)c3ccccc3)[C@H](OCc3ccccc3)[C@H]1OCc1ccccc1)O[C@@H]1OC(C)(C)O[C@@H]12. The van der Waals surface area contributed by atoms with Crippen LogP contribution in [0.25, 0.3) is 0 Å². The van der Waals surface area contributed by atoms with E-state index >= 15 is 0 Å². The zero-order valence-corrected chi connectivity index (χ0v) is 33.3. The number of fused-ring (bicyclic) bond motifs is 3. The lowest BCUT2D eigenvalue weighted by molar-refractivity contribution is -0.330. The molecule has 0 bridgehead atoms. The van der Waals surface area contributed by atoms with Crippen molar-refractivity contribution in [2.45, 2.75) is 121 Å². The van der Waals surface area contributed by atoms with Gasteiger partial charge in [-0.2, -0.15) is 0 Å². The predicted molar refractivity (Wildman–Crippen MR) is 209 cm³/mol. The molecule has 4 aromatic carbocycles. The van der Waals surface area contributed by atoms with Gasteiger partial charge in [-0.05, 0) is 56.5 Å². The first-order chi connectivity index (χ1) is 28.1. The van der Waals surface area contributed by atoms with Crippen molar-refractivity contribution in [2.24, 2.45) is 0 Å². The highest BCUT2D eigenvalue weighted by molar-refractivity contribution is 5.89. The van der Waals surface area contributed by atoms with E-state index in [4.69, 9.17) is 52.1 Å². The largest absolute Gasteiger partial charge is 0.453 e. The second-order valence-electron chi connectivity index (χ2n) is 15.8. The van der Waals surface area contributed by atoms with Crippen LogP contribution in [0.1, 0.15) is 54.7 Å². The summed E-state index contributed by atoms with van der Waals surface area (Å²) >= 11 is 0. The molecule has 0 saturated carbocycles. The lowest BCUT2D eigenvalue weighted by atomic mass is 9.97. The molecule has 308 valence electrons. The molecule has 0 aliphatic carbocycles. The molecule has 0 unspecified atom stereocenters. The minimum Gasteiger partial charge on any atom is -0.453 e. The minimum absolute atomic E-state index is 0.0148. The molecule has 0 N–H and O–H groups in total. The van der Waals surface area contributed by atoms with Crippen LogP contribution in [0.4, 0.5) is 0 Å². The minimum atomic E-state index is -1.03. The second-order valence-corrected chi connectivity index (χ2v) is 15.8. The third-order valence-electron chi connectivity index (χ3n) is 10.5. The molecule has 4 heterocycles. The molecule has 0 radical (unpaired) electrons. The Kier molecular flexibility index (Phi) is 12.7. The highest BCUT2D eigenvalue weighted by Gasteiger charge is 2.61. The summed E-state index contributed by atoms with van der Waals surface area (Å²) in [4.78, 5) is 13.9. The Bertz CT molecular complexity index is 1900. The maximum atomic E-state index is 13.9. The van der Waals surface area contributed by atoms with Crippen LogP contribution in [0.3, 0.4) is 0 Å². The fraction of sp³-hybridized carbons (Fsp3) is 0.457. The van der Waals surface area contributed by atoms with Crippen LogP contribution >= 0.6 is 0 Å². The summed E-state index contributed by atoms with van der Waals surface area (Å²) < 4.78 is 71.4. The van der Waals surface area contributed by atoms with Crippen LogP contribution in [-0.4, -0.2) is 92.2 Å². The number of carbonyl (C=O) groups is 1. The second kappa shape index (κ2) is 18.1. The molecule has 4 aromatic rings. The van der Waals surface area contributed by atoms with Gasteiger partial charge in [-0.15, -0.1) is 0 Å². The molecule has 12 nitrogen and oxygen atoms in total. The lowest BCUT2D eigenvalue weighted by Crippen LogP contribution is -2.63. The summed E-state index contributed by atoms with van der Waals surface area (Å²) in [6.45, 7) is 8.20. The lowest BCUT2D eigenvalue weighted by Gasteiger charge is -2.46. The smallest absolute Gasteiger partial charge is 0.338 e. The van der Waals surface area contributed by atoms with E-state index in [-0.39, 0.29) is 26.4 Å². The van der Waals surface area contributed by atoms with Crippen LogP contribution in [0, 0.1) is 0 Å². The number of ether oxygens (including phenoxy) is 11. The number of benzene rings is 4.